The summed E-state index contributed by atoms with van der Waals surface area (Å²) in [7, 11) is 0. The lowest BCUT2D eigenvalue weighted by molar-refractivity contribution is -0.124. The summed E-state index contributed by atoms with van der Waals surface area (Å²) in [6.07, 6.45) is 5.63. The van der Waals surface area contributed by atoms with E-state index >= 15 is 0 Å². The SMILES string of the molecule is CCC(C(=O)C1CCCC1)c1ccccc1. The minimum Gasteiger partial charge on any atom is -0.299 e. The summed E-state index contributed by atoms with van der Waals surface area (Å²) in [5.74, 6) is 0.945. The predicted octanol–water partition coefficient (Wildman–Crippen LogP) is 3.94. The van der Waals surface area contributed by atoms with Gasteiger partial charge in [0.1, 0.15) is 5.78 Å². The number of Topliss-reactive ketones (excluding diaryl/α,β-unsaturated/α-hetero) is 1. The molecule has 1 aromatic carbocycles. The minimum absolute atomic E-state index is 0.129. The zero-order chi connectivity index (χ0) is 11.4. The van der Waals surface area contributed by atoms with E-state index in [9.17, 15) is 4.79 Å². The molecule has 0 heterocycles. The molecule has 1 saturated carbocycles. The summed E-state index contributed by atoms with van der Waals surface area (Å²) >= 11 is 0. The molecule has 0 N–H and O–H groups in total. The fraction of sp³-hybridized carbons (Fsp3) is 0.533. The van der Waals surface area contributed by atoms with Gasteiger partial charge in [0.15, 0.2) is 0 Å². The Morgan fingerprint density at radius 1 is 1.25 bits per heavy atom. The molecule has 16 heavy (non-hydrogen) atoms. The Morgan fingerprint density at radius 2 is 1.88 bits per heavy atom. The van der Waals surface area contributed by atoms with Gasteiger partial charge in [-0.3, -0.25) is 4.79 Å². The predicted molar refractivity (Wildman–Crippen MR) is 66.4 cm³/mol. The van der Waals surface area contributed by atoms with E-state index in [4.69, 9.17) is 0 Å². The molecular weight excluding hydrogens is 196 g/mol. The summed E-state index contributed by atoms with van der Waals surface area (Å²) in [6, 6.07) is 10.2. The molecule has 0 spiro atoms. The smallest absolute Gasteiger partial charge is 0.143 e. The maximum Gasteiger partial charge on any atom is 0.143 e. The zero-order valence-electron chi connectivity index (χ0n) is 9.99. The van der Waals surface area contributed by atoms with Crippen LogP contribution in [-0.4, -0.2) is 5.78 Å². The topological polar surface area (TPSA) is 17.1 Å². The number of carbonyl (C=O) groups is 1. The number of ketones is 1. The van der Waals surface area contributed by atoms with E-state index in [0.717, 1.165) is 19.3 Å². The molecule has 0 bridgehead atoms. The molecule has 1 heteroatoms. The van der Waals surface area contributed by atoms with Crippen molar-refractivity contribution in [3.63, 3.8) is 0 Å². The molecular formula is C15H20O. The lowest BCUT2D eigenvalue weighted by atomic mass is 9.85. The number of hydrogen-bond acceptors (Lipinski definition) is 1. The average molecular weight is 216 g/mol. The second-order valence-electron chi connectivity index (χ2n) is 4.76. The molecule has 0 aliphatic heterocycles. The zero-order valence-corrected chi connectivity index (χ0v) is 9.99. The third-order valence-electron chi connectivity index (χ3n) is 3.71. The second kappa shape index (κ2) is 5.29. The molecule has 1 aliphatic rings. The van der Waals surface area contributed by atoms with Gasteiger partial charge in [0, 0.05) is 11.8 Å². The lowest BCUT2D eigenvalue weighted by Crippen LogP contribution is -2.19. The lowest BCUT2D eigenvalue weighted by Gasteiger charge is -2.18. The Kier molecular flexibility index (Phi) is 3.76. The van der Waals surface area contributed by atoms with Crippen molar-refractivity contribution in [1.82, 2.24) is 0 Å². The summed E-state index contributed by atoms with van der Waals surface area (Å²) < 4.78 is 0. The van der Waals surface area contributed by atoms with Crippen LogP contribution in [0.5, 0.6) is 0 Å². The fourth-order valence-corrected chi connectivity index (χ4v) is 2.78. The van der Waals surface area contributed by atoms with E-state index < -0.39 is 0 Å². The first kappa shape index (κ1) is 11.4. The van der Waals surface area contributed by atoms with Gasteiger partial charge < -0.3 is 0 Å². The average Bonchev–Trinajstić information content (AvgIpc) is 2.85. The van der Waals surface area contributed by atoms with Crippen LogP contribution in [-0.2, 0) is 4.79 Å². The molecule has 1 fully saturated rings. The van der Waals surface area contributed by atoms with Gasteiger partial charge in [0.05, 0.1) is 0 Å². The molecule has 0 amide bonds. The Balaban J connectivity index is 2.13. The summed E-state index contributed by atoms with van der Waals surface area (Å²) in [5, 5.41) is 0. The first-order valence-electron chi connectivity index (χ1n) is 6.41. The van der Waals surface area contributed by atoms with Gasteiger partial charge in [-0.2, -0.15) is 0 Å². The summed E-state index contributed by atoms with van der Waals surface area (Å²) in [4.78, 5) is 12.4. The molecule has 1 aromatic rings. The van der Waals surface area contributed by atoms with E-state index in [1.54, 1.807) is 0 Å². The Bertz CT molecular complexity index is 336. The highest BCUT2D eigenvalue weighted by Gasteiger charge is 2.28. The van der Waals surface area contributed by atoms with Crippen LogP contribution in [0.25, 0.3) is 0 Å². The Morgan fingerprint density at radius 3 is 2.44 bits per heavy atom. The van der Waals surface area contributed by atoms with Crippen LogP contribution < -0.4 is 0 Å². The van der Waals surface area contributed by atoms with Crippen LogP contribution in [0.3, 0.4) is 0 Å². The molecule has 1 nitrogen and oxygen atoms in total. The number of rotatable bonds is 4. The van der Waals surface area contributed by atoms with Gasteiger partial charge >= 0.3 is 0 Å². The highest BCUT2D eigenvalue weighted by atomic mass is 16.1. The monoisotopic (exact) mass is 216 g/mol. The van der Waals surface area contributed by atoms with Crippen LogP contribution in [0.2, 0.25) is 0 Å². The molecule has 1 atom stereocenters. The van der Waals surface area contributed by atoms with Crippen LogP contribution >= 0.6 is 0 Å². The van der Waals surface area contributed by atoms with E-state index in [1.165, 1.54) is 18.4 Å². The van der Waals surface area contributed by atoms with Crippen molar-refractivity contribution in [2.45, 2.75) is 44.9 Å². The third-order valence-corrected chi connectivity index (χ3v) is 3.71. The van der Waals surface area contributed by atoms with Crippen molar-refractivity contribution in [3.8, 4) is 0 Å². The summed E-state index contributed by atoms with van der Waals surface area (Å²) in [6.45, 7) is 2.12. The molecule has 1 unspecified atom stereocenters. The molecule has 1 aliphatic carbocycles. The van der Waals surface area contributed by atoms with Crippen LogP contribution in [0.1, 0.15) is 50.5 Å². The Hall–Kier alpha value is -1.11. The minimum atomic E-state index is 0.129. The maximum atomic E-state index is 12.4. The molecule has 0 aromatic heterocycles. The highest BCUT2D eigenvalue weighted by molar-refractivity contribution is 5.88. The quantitative estimate of drug-likeness (QED) is 0.745. The van der Waals surface area contributed by atoms with Gasteiger partial charge in [0.2, 0.25) is 0 Å². The van der Waals surface area contributed by atoms with Gasteiger partial charge in [0.25, 0.3) is 0 Å². The highest BCUT2D eigenvalue weighted by Crippen LogP contribution is 2.32. The molecule has 0 saturated heterocycles. The van der Waals surface area contributed by atoms with Gasteiger partial charge in [-0.25, -0.2) is 0 Å². The Labute approximate surface area is 97.9 Å². The van der Waals surface area contributed by atoms with E-state index in [0.29, 0.717) is 11.7 Å². The van der Waals surface area contributed by atoms with Crippen molar-refractivity contribution in [2.75, 3.05) is 0 Å². The van der Waals surface area contributed by atoms with Crippen molar-refractivity contribution in [2.24, 2.45) is 5.92 Å². The van der Waals surface area contributed by atoms with E-state index in [-0.39, 0.29) is 5.92 Å². The maximum absolute atomic E-state index is 12.4. The van der Waals surface area contributed by atoms with Gasteiger partial charge in [-0.15, -0.1) is 0 Å². The van der Waals surface area contributed by atoms with E-state index in [2.05, 4.69) is 19.1 Å². The number of hydrogen-bond donors (Lipinski definition) is 0. The number of benzene rings is 1. The van der Waals surface area contributed by atoms with Crippen molar-refractivity contribution < 1.29 is 4.79 Å². The van der Waals surface area contributed by atoms with E-state index in [1.807, 2.05) is 18.2 Å². The largest absolute Gasteiger partial charge is 0.299 e. The number of carbonyl (C=O) groups excluding carboxylic acids is 1. The molecule has 0 radical (unpaired) electrons. The van der Waals surface area contributed by atoms with Gasteiger partial charge in [-0.1, -0.05) is 50.1 Å². The molecule has 86 valence electrons. The summed E-state index contributed by atoms with van der Waals surface area (Å²) in [5.41, 5.74) is 1.20. The van der Waals surface area contributed by atoms with Crippen molar-refractivity contribution in [1.29, 1.82) is 0 Å². The normalized spacial score (nSPS) is 18.6. The van der Waals surface area contributed by atoms with Crippen molar-refractivity contribution in [3.05, 3.63) is 35.9 Å². The van der Waals surface area contributed by atoms with Gasteiger partial charge in [-0.05, 0) is 24.8 Å². The third kappa shape index (κ3) is 2.34. The van der Waals surface area contributed by atoms with Crippen LogP contribution in [0.15, 0.2) is 30.3 Å². The second-order valence-corrected chi connectivity index (χ2v) is 4.76. The standard InChI is InChI=1S/C15H20O/c1-2-14(12-8-4-3-5-9-12)15(16)13-10-6-7-11-13/h3-5,8-9,13-14H,2,6-7,10-11H2,1H3. The fourth-order valence-electron chi connectivity index (χ4n) is 2.78. The van der Waals surface area contributed by atoms with Crippen molar-refractivity contribution >= 4 is 5.78 Å². The first-order chi connectivity index (χ1) is 7.83. The van der Waals surface area contributed by atoms with Crippen LogP contribution in [0, 0.1) is 5.92 Å². The molecule has 2 rings (SSSR count). The first-order valence-corrected chi connectivity index (χ1v) is 6.41. The van der Waals surface area contributed by atoms with Crippen LogP contribution in [0.4, 0.5) is 0 Å².